The highest BCUT2D eigenvalue weighted by Crippen LogP contribution is 2.28. The average molecular weight is 346 g/mol. The van der Waals surface area contributed by atoms with Crippen molar-refractivity contribution >= 4 is 28.3 Å². The summed E-state index contributed by atoms with van der Waals surface area (Å²) in [6.45, 7) is 0.398. The molecule has 1 atom stereocenters. The Bertz CT molecular complexity index is 813. The van der Waals surface area contributed by atoms with Crippen LogP contribution in [-0.2, 0) is 6.54 Å². The highest BCUT2D eigenvalue weighted by molar-refractivity contribution is 7.07. The molecule has 24 heavy (non-hydrogen) atoms. The van der Waals surface area contributed by atoms with Gasteiger partial charge in [0.05, 0.1) is 19.8 Å². The Morgan fingerprint density at radius 1 is 1.38 bits per heavy atom. The molecule has 1 aromatic carbocycles. The minimum absolute atomic E-state index is 0.149. The number of aliphatic hydroxyl groups excluding tert-OH is 1. The summed E-state index contributed by atoms with van der Waals surface area (Å²) in [6, 6.07) is 8.95. The fourth-order valence-electron chi connectivity index (χ4n) is 2.34. The summed E-state index contributed by atoms with van der Waals surface area (Å²) in [7, 11) is 1.58. The van der Waals surface area contributed by atoms with Crippen LogP contribution in [0.3, 0.4) is 0 Å². The number of para-hydroxylation sites is 1. The summed E-state index contributed by atoms with van der Waals surface area (Å²) in [5.74, 6) is 1.28. The molecule has 0 unspecified atom stereocenters. The Morgan fingerprint density at radius 3 is 3.00 bits per heavy atom. The molecule has 6 nitrogen and oxygen atoms in total. The van der Waals surface area contributed by atoms with Crippen molar-refractivity contribution in [2.45, 2.75) is 12.6 Å². The maximum absolute atomic E-state index is 11.8. The standard InChI is InChI=1S/C17H18N2O4S/c1-22-15-4-2-3-11-7-13(23-16(11)15)8-18-17(21)19-9-14(20)12-5-6-24-10-12/h2-7,10,14,20H,8-9H2,1H3,(H2,18,19,21)/t14-/m1/s1. The monoisotopic (exact) mass is 346 g/mol. The molecule has 0 radical (unpaired) electrons. The number of carbonyl (C=O) groups is 1. The van der Waals surface area contributed by atoms with E-state index >= 15 is 0 Å². The van der Waals surface area contributed by atoms with Crippen molar-refractivity contribution in [1.29, 1.82) is 0 Å². The molecule has 0 bridgehead atoms. The summed E-state index contributed by atoms with van der Waals surface area (Å²) in [5.41, 5.74) is 1.45. The van der Waals surface area contributed by atoms with Gasteiger partial charge in [0.15, 0.2) is 11.3 Å². The third kappa shape index (κ3) is 3.69. The number of furan rings is 1. The van der Waals surface area contributed by atoms with Gasteiger partial charge in [0.25, 0.3) is 0 Å². The second-order valence-electron chi connectivity index (χ2n) is 5.23. The van der Waals surface area contributed by atoms with Gasteiger partial charge in [-0.3, -0.25) is 0 Å². The number of methoxy groups -OCH3 is 1. The minimum atomic E-state index is -0.711. The summed E-state index contributed by atoms with van der Waals surface area (Å²) < 4.78 is 11.0. The van der Waals surface area contributed by atoms with Crippen molar-refractivity contribution in [1.82, 2.24) is 10.6 Å². The van der Waals surface area contributed by atoms with E-state index in [1.807, 2.05) is 41.1 Å². The molecule has 0 saturated carbocycles. The number of fused-ring (bicyclic) bond motifs is 1. The Hall–Kier alpha value is -2.51. The zero-order valence-corrected chi connectivity index (χ0v) is 13.9. The van der Waals surface area contributed by atoms with Gasteiger partial charge in [-0.2, -0.15) is 11.3 Å². The summed E-state index contributed by atoms with van der Waals surface area (Å²) in [6.07, 6.45) is -0.711. The maximum atomic E-state index is 11.8. The first kappa shape index (κ1) is 16.4. The molecule has 0 aliphatic rings. The Kier molecular flexibility index (Phi) is 5.02. The molecule has 0 saturated heterocycles. The van der Waals surface area contributed by atoms with E-state index < -0.39 is 6.10 Å². The highest BCUT2D eigenvalue weighted by Gasteiger charge is 2.11. The maximum Gasteiger partial charge on any atom is 0.315 e. The van der Waals surface area contributed by atoms with Crippen LogP contribution >= 0.6 is 11.3 Å². The van der Waals surface area contributed by atoms with E-state index in [4.69, 9.17) is 9.15 Å². The molecule has 0 aliphatic heterocycles. The number of nitrogens with one attached hydrogen (secondary N) is 2. The Balaban J connectivity index is 1.53. The van der Waals surface area contributed by atoms with Crippen LogP contribution in [0.15, 0.2) is 45.5 Å². The van der Waals surface area contributed by atoms with Gasteiger partial charge in [0, 0.05) is 11.9 Å². The summed E-state index contributed by atoms with van der Waals surface area (Å²) in [4.78, 5) is 11.8. The molecule has 2 aromatic heterocycles. The molecule has 3 N–H and O–H groups in total. The number of urea groups is 1. The van der Waals surface area contributed by atoms with Gasteiger partial charge in [0.1, 0.15) is 5.76 Å². The van der Waals surface area contributed by atoms with Crippen molar-refractivity contribution in [3.05, 3.63) is 52.4 Å². The van der Waals surface area contributed by atoms with Crippen molar-refractivity contribution in [3.8, 4) is 5.75 Å². The predicted octanol–water partition coefficient (Wildman–Crippen LogP) is 3.04. The van der Waals surface area contributed by atoms with Crippen LogP contribution in [0.5, 0.6) is 5.75 Å². The third-order valence-corrected chi connectivity index (χ3v) is 4.29. The lowest BCUT2D eigenvalue weighted by Gasteiger charge is -2.11. The first-order valence-corrected chi connectivity index (χ1v) is 8.39. The molecule has 3 aromatic rings. The molecule has 3 rings (SSSR count). The Labute approximate surface area is 143 Å². The third-order valence-electron chi connectivity index (χ3n) is 3.59. The molecular formula is C17H18N2O4S. The number of hydrogen-bond donors (Lipinski definition) is 3. The molecular weight excluding hydrogens is 328 g/mol. The smallest absolute Gasteiger partial charge is 0.315 e. The van der Waals surface area contributed by atoms with E-state index in [0.717, 1.165) is 10.9 Å². The zero-order chi connectivity index (χ0) is 16.9. The fraction of sp³-hybridized carbons (Fsp3) is 0.235. The van der Waals surface area contributed by atoms with Gasteiger partial charge in [-0.05, 0) is 34.5 Å². The first-order chi connectivity index (χ1) is 11.7. The number of ether oxygens (including phenoxy) is 1. The van der Waals surface area contributed by atoms with Crippen molar-refractivity contribution < 1.29 is 19.1 Å². The quantitative estimate of drug-likeness (QED) is 0.640. The Morgan fingerprint density at radius 2 is 2.25 bits per heavy atom. The zero-order valence-electron chi connectivity index (χ0n) is 13.1. The van der Waals surface area contributed by atoms with E-state index in [1.165, 1.54) is 11.3 Å². The number of thiophene rings is 1. The van der Waals surface area contributed by atoms with E-state index in [9.17, 15) is 9.90 Å². The lowest BCUT2D eigenvalue weighted by Crippen LogP contribution is -2.37. The van der Waals surface area contributed by atoms with Crippen LogP contribution in [0.2, 0.25) is 0 Å². The van der Waals surface area contributed by atoms with Crippen LogP contribution < -0.4 is 15.4 Å². The van der Waals surface area contributed by atoms with Gasteiger partial charge in [-0.1, -0.05) is 12.1 Å². The van der Waals surface area contributed by atoms with Crippen molar-refractivity contribution in [2.24, 2.45) is 0 Å². The van der Waals surface area contributed by atoms with Gasteiger partial charge < -0.3 is 24.9 Å². The van der Waals surface area contributed by atoms with Crippen LogP contribution in [0.25, 0.3) is 11.0 Å². The molecule has 126 valence electrons. The molecule has 2 amide bonds. The van der Waals surface area contributed by atoms with E-state index in [-0.39, 0.29) is 19.1 Å². The highest BCUT2D eigenvalue weighted by atomic mass is 32.1. The molecule has 0 spiro atoms. The summed E-state index contributed by atoms with van der Waals surface area (Å²) in [5, 5.41) is 19.9. The SMILES string of the molecule is COc1cccc2cc(CNC(=O)NC[C@@H](O)c3ccsc3)oc12. The average Bonchev–Trinajstić information content (AvgIpc) is 3.26. The molecule has 0 aliphatic carbocycles. The number of carbonyl (C=O) groups excluding carboxylic acids is 1. The molecule has 2 heterocycles. The number of rotatable bonds is 6. The van der Waals surface area contributed by atoms with E-state index in [1.54, 1.807) is 7.11 Å². The van der Waals surface area contributed by atoms with E-state index in [2.05, 4.69) is 10.6 Å². The lowest BCUT2D eigenvalue weighted by molar-refractivity contribution is 0.173. The van der Waals surface area contributed by atoms with Gasteiger partial charge >= 0.3 is 6.03 Å². The first-order valence-electron chi connectivity index (χ1n) is 7.44. The molecule has 0 fully saturated rings. The number of benzene rings is 1. The van der Waals surface area contributed by atoms with Crippen LogP contribution in [0.1, 0.15) is 17.4 Å². The van der Waals surface area contributed by atoms with Gasteiger partial charge in [-0.15, -0.1) is 0 Å². The van der Waals surface area contributed by atoms with Crippen LogP contribution in [0, 0.1) is 0 Å². The van der Waals surface area contributed by atoms with Crippen LogP contribution in [-0.4, -0.2) is 24.8 Å². The summed E-state index contributed by atoms with van der Waals surface area (Å²) >= 11 is 1.50. The van der Waals surface area contributed by atoms with E-state index in [0.29, 0.717) is 17.1 Å². The van der Waals surface area contributed by atoms with Gasteiger partial charge in [-0.25, -0.2) is 4.79 Å². The largest absolute Gasteiger partial charge is 0.493 e. The normalized spacial score (nSPS) is 12.1. The molecule has 7 heteroatoms. The topological polar surface area (TPSA) is 83.7 Å². The number of hydrogen-bond acceptors (Lipinski definition) is 5. The fourth-order valence-corrected chi connectivity index (χ4v) is 3.05. The van der Waals surface area contributed by atoms with Gasteiger partial charge in [0.2, 0.25) is 0 Å². The predicted molar refractivity (Wildman–Crippen MR) is 92.3 cm³/mol. The number of aliphatic hydroxyl groups is 1. The second-order valence-corrected chi connectivity index (χ2v) is 6.01. The van der Waals surface area contributed by atoms with Crippen LogP contribution in [0.4, 0.5) is 4.79 Å². The second kappa shape index (κ2) is 7.37. The minimum Gasteiger partial charge on any atom is -0.493 e. The van der Waals surface area contributed by atoms with Crippen molar-refractivity contribution in [3.63, 3.8) is 0 Å². The van der Waals surface area contributed by atoms with Crippen molar-refractivity contribution in [2.75, 3.05) is 13.7 Å². The number of amides is 2. The lowest BCUT2D eigenvalue weighted by atomic mass is 10.2.